The van der Waals surface area contributed by atoms with E-state index < -0.39 is 11.9 Å². The number of oxazole rings is 1. The number of pyridine rings is 1. The van der Waals surface area contributed by atoms with Crippen LogP contribution in [0.15, 0.2) is 46.9 Å². The summed E-state index contributed by atoms with van der Waals surface area (Å²) in [6.45, 7) is 0.589. The van der Waals surface area contributed by atoms with E-state index in [9.17, 15) is 18.0 Å². The van der Waals surface area contributed by atoms with Gasteiger partial charge in [-0.05, 0) is 41.5 Å². The van der Waals surface area contributed by atoms with Gasteiger partial charge in [0.05, 0.1) is 13.7 Å². The Labute approximate surface area is 197 Å². The molecule has 2 aromatic carbocycles. The number of methoxy groups -OCH3 is 1. The maximum Gasteiger partial charge on any atom is 0.433 e. The number of nitrogens with zero attached hydrogens (tertiary/aromatic N) is 3. The molecule has 0 saturated carbocycles. The minimum Gasteiger partial charge on any atom is -0.494 e. The molecule has 35 heavy (non-hydrogen) atoms. The SMILES string of the molecule is COc1ccc(-c2nc(C(=O)N3Cc4cccc(N)c4C3)c(CN)o2)c2ccc(C(F)(F)F)nc12. The molecule has 1 aliphatic rings. The highest BCUT2D eigenvalue weighted by molar-refractivity contribution is 5.98. The summed E-state index contributed by atoms with van der Waals surface area (Å²) < 4.78 is 50.7. The molecule has 0 fully saturated rings. The lowest BCUT2D eigenvalue weighted by atomic mass is 10.1. The number of hydrogen-bond acceptors (Lipinski definition) is 7. The van der Waals surface area contributed by atoms with Gasteiger partial charge in [-0.2, -0.15) is 13.2 Å². The number of benzene rings is 2. The van der Waals surface area contributed by atoms with Gasteiger partial charge in [0, 0.05) is 29.7 Å². The summed E-state index contributed by atoms with van der Waals surface area (Å²) in [5.41, 5.74) is 13.6. The molecular formula is C24H20F3N5O3. The molecule has 5 rings (SSSR count). The molecule has 11 heteroatoms. The van der Waals surface area contributed by atoms with Crippen LogP contribution in [0.4, 0.5) is 18.9 Å². The molecule has 0 aliphatic carbocycles. The Morgan fingerprint density at radius 2 is 1.94 bits per heavy atom. The lowest BCUT2D eigenvalue weighted by molar-refractivity contribution is -0.140. The van der Waals surface area contributed by atoms with E-state index in [-0.39, 0.29) is 41.1 Å². The second-order valence-corrected chi connectivity index (χ2v) is 8.05. The van der Waals surface area contributed by atoms with Gasteiger partial charge in [0.1, 0.15) is 17.0 Å². The number of alkyl halides is 3. The van der Waals surface area contributed by atoms with E-state index in [4.69, 9.17) is 20.6 Å². The van der Waals surface area contributed by atoms with Crippen LogP contribution in [-0.4, -0.2) is 27.9 Å². The number of nitrogen functional groups attached to an aromatic ring is 1. The van der Waals surface area contributed by atoms with Crippen LogP contribution in [-0.2, 0) is 25.8 Å². The summed E-state index contributed by atoms with van der Waals surface area (Å²) in [4.78, 5) is 23.1. The fourth-order valence-corrected chi connectivity index (χ4v) is 4.21. The topological polar surface area (TPSA) is 120 Å². The van der Waals surface area contributed by atoms with Crippen LogP contribution in [0, 0.1) is 0 Å². The van der Waals surface area contributed by atoms with Crippen LogP contribution < -0.4 is 16.2 Å². The number of fused-ring (bicyclic) bond motifs is 2. The van der Waals surface area contributed by atoms with Gasteiger partial charge in [0.25, 0.3) is 5.91 Å². The van der Waals surface area contributed by atoms with Crippen molar-refractivity contribution in [1.82, 2.24) is 14.9 Å². The van der Waals surface area contributed by atoms with Crippen molar-refractivity contribution < 1.29 is 27.1 Å². The third-order valence-corrected chi connectivity index (χ3v) is 5.95. The fraction of sp³-hybridized carbons (Fsp3) is 0.208. The standard InChI is InChI=1S/C24H20F3N5O3/c1-34-17-7-5-14(13-6-8-19(24(25,26)27)30-20(13)17)22-31-21(18(9-28)35-22)23(33)32-10-12-3-2-4-16(29)15(12)11-32/h2-8H,9-11,28-29H2,1H3. The number of carbonyl (C=O) groups is 1. The van der Waals surface area contributed by atoms with Crippen LogP contribution >= 0.6 is 0 Å². The van der Waals surface area contributed by atoms with E-state index in [2.05, 4.69) is 9.97 Å². The number of nitrogens with two attached hydrogens (primary N) is 2. The highest BCUT2D eigenvalue weighted by atomic mass is 19.4. The zero-order valence-electron chi connectivity index (χ0n) is 18.5. The third-order valence-electron chi connectivity index (χ3n) is 5.95. The van der Waals surface area contributed by atoms with Crippen LogP contribution in [0.25, 0.3) is 22.4 Å². The van der Waals surface area contributed by atoms with Gasteiger partial charge in [0.2, 0.25) is 5.89 Å². The first-order chi connectivity index (χ1) is 16.7. The Morgan fingerprint density at radius 3 is 2.63 bits per heavy atom. The maximum atomic E-state index is 13.3. The van der Waals surface area contributed by atoms with Crippen molar-refractivity contribution in [3.05, 3.63) is 70.7 Å². The first-order valence-electron chi connectivity index (χ1n) is 10.6. The molecule has 8 nitrogen and oxygen atoms in total. The Morgan fingerprint density at radius 1 is 1.14 bits per heavy atom. The van der Waals surface area contributed by atoms with E-state index in [1.165, 1.54) is 19.2 Å². The summed E-state index contributed by atoms with van der Waals surface area (Å²) in [6.07, 6.45) is -4.62. The molecule has 3 heterocycles. The minimum atomic E-state index is -4.62. The zero-order chi connectivity index (χ0) is 24.9. The van der Waals surface area contributed by atoms with Crippen molar-refractivity contribution >= 4 is 22.5 Å². The van der Waals surface area contributed by atoms with Gasteiger partial charge in [-0.3, -0.25) is 4.79 Å². The maximum absolute atomic E-state index is 13.3. The van der Waals surface area contributed by atoms with Crippen molar-refractivity contribution in [3.8, 4) is 17.2 Å². The lowest BCUT2D eigenvalue weighted by Crippen LogP contribution is -2.27. The molecule has 0 spiro atoms. The molecule has 4 N–H and O–H groups in total. The van der Waals surface area contributed by atoms with Crippen LogP contribution in [0.5, 0.6) is 5.75 Å². The molecule has 1 amide bonds. The second kappa shape index (κ2) is 8.27. The van der Waals surface area contributed by atoms with Gasteiger partial charge in [0.15, 0.2) is 11.5 Å². The molecule has 0 saturated heterocycles. The number of amides is 1. The molecule has 0 radical (unpaired) electrons. The van der Waals surface area contributed by atoms with Crippen LogP contribution in [0.2, 0.25) is 0 Å². The summed E-state index contributed by atoms with van der Waals surface area (Å²) in [5, 5.41) is 0.322. The quantitative estimate of drug-likeness (QED) is 0.419. The van der Waals surface area contributed by atoms with Crippen molar-refractivity contribution in [2.75, 3.05) is 12.8 Å². The Balaban J connectivity index is 1.56. The predicted octanol–water partition coefficient (Wildman–Crippen LogP) is 4.11. The highest BCUT2D eigenvalue weighted by Gasteiger charge is 2.34. The van der Waals surface area contributed by atoms with Gasteiger partial charge in [-0.25, -0.2) is 9.97 Å². The fourth-order valence-electron chi connectivity index (χ4n) is 4.21. The smallest absolute Gasteiger partial charge is 0.433 e. The first kappa shape index (κ1) is 22.7. The summed E-state index contributed by atoms with van der Waals surface area (Å²) in [5.74, 6) is -0.0208. The normalized spacial score (nSPS) is 13.3. The minimum absolute atomic E-state index is 0.00864. The number of ether oxygens (including phenoxy) is 1. The van der Waals surface area contributed by atoms with Crippen molar-refractivity contribution in [2.45, 2.75) is 25.8 Å². The number of aromatic nitrogens is 2. The zero-order valence-corrected chi connectivity index (χ0v) is 18.5. The molecule has 0 atom stereocenters. The van der Waals surface area contributed by atoms with Crippen LogP contribution in [0.1, 0.15) is 33.1 Å². The van der Waals surface area contributed by atoms with E-state index >= 15 is 0 Å². The number of halogens is 3. The second-order valence-electron chi connectivity index (χ2n) is 8.05. The highest BCUT2D eigenvalue weighted by Crippen LogP contribution is 2.37. The molecule has 0 unspecified atom stereocenters. The Kier molecular flexibility index (Phi) is 5.36. The average Bonchev–Trinajstić information content (AvgIpc) is 3.47. The average molecular weight is 483 g/mol. The summed E-state index contributed by atoms with van der Waals surface area (Å²) >= 11 is 0. The number of anilines is 1. The van der Waals surface area contributed by atoms with E-state index in [1.54, 1.807) is 17.0 Å². The predicted molar refractivity (Wildman–Crippen MR) is 121 cm³/mol. The van der Waals surface area contributed by atoms with E-state index in [0.717, 1.165) is 17.2 Å². The molecule has 2 aromatic heterocycles. The number of hydrogen-bond donors (Lipinski definition) is 2. The van der Waals surface area contributed by atoms with E-state index in [1.807, 2.05) is 12.1 Å². The Hall–Kier alpha value is -4.12. The first-order valence-corrected chi connectivity index (χ1v) is 10.6. The molecular weight excluding hydrogens is 463 g/mol. The van der Waals surface area contributed by atoms with E-state index in [0.29, 0.717) is 29.7 Å². The molecule has 0 bridgehead atoms. The van der Waals surface area contributed by atoms with Crippen molar-refractivity contribution in [3.63, 3.8) is 0 Å². The van der Waals surface area contributed by atoms with Crippen LogP contribution in [0.3, 0.4) is 0 Å². The number of carbonyl (C=O) groups excluding carboxylic acids is 1. The lowest BCUT2D eigenvalue weighted by Gasteiger charge is -2.14. The third kappa shape index (κ3) is 3.83. The molecule has 1 aliphatic heterocycles. The van der Waals surface area contributed by atoms with Crippen molar-refractivity contribution in [1.29, 1.82) is 0 Å². The van der Waals surface area contributed by atoms with Gasteiger partial charge < -0.3 is 25.5 Å². The summed E-state index contributed by atoms with van der Waals surface area (Å²) in [7, 11) is 1.34. The monoisotopic (exact) mass is 483 g/mol. The number of rotatable bonds is 4. The van der Waals surface area contributed by atoms with Crippen molar-refractivity contribution in [2.24, 2.45) is 5.73 Å². The van der Waals surface area contributed by atoms with Gasteiger partial charge >= 0.3 is 6.18 Å². The Bertz CT molecular complexity index is 1470. The summed E-state index contributed by atoms with van der Waals surface area (Å²) in [6, 6.07) is 10.7. The molecule has 4 aromatic rings. The van der Waals surface area contributed by atoms with Gasteiger partial charge in [-0.15, -0.1) is 0 Å². The molecule has 180 valence electrons. The largest absolute Gasteiger partial charge is 0.494 e. The van der Waals surface area contributed by atoms with Gasteiger partial charge in [-0.1, -0.05) is 12.1 Å².